The first-order valence-corrected chi connectivity index (χ1v) is 11.5. The molecule has 0 heteroatoms. The summed E-state index contributed by atoms with van der Waals surface area (Å²) in [5.74, 6) is 1.29. The average Bonchev–Trinajstić information content (AvgIpc) is 3.26. The zero-order valence-electron chi connectivity index (χ0n) is 17.0. The molecule has 1 aromatic rings. The van der Waals surface area contributed by atoms with Crippen molar-refractivity contribution in [2.75, 3.05) is 0 Å². The Hall–Kier alpha value is -2.08. The normalized spacial score (nSPS) is 24.9. The quantitative estimate of drug-likeness (QED) is 0.509. The Morgan fingerprint density at radius 3 is 2.43 bits per heavy atom. The Balaban J connectivity index is 1.34. The van der Waals surface area contributed by atoms with E-state index in [1.165, 1.54) is 74.5 Å². The summed E-state index contributed by atoms with van der Waals surface area (Å²) in [7, 11) is 0. The van der Waals surface area contributed by atoms with Gasteiger partial charge in [0.2, 0.25) is 0 Å². The van der Waals surface area contributed by atoms with Gasteiger partial charge in [0.25, 0.3) is 0 Å². The van der Waals surface area contributed by atoms with Crippen LogP contribution in [0.4, 0.5) is 0 Å². The van der Waals surface area contributed by atoms with Gasteiger partial charge >= 0.3 is 0 Å². The van der Waals surface area contributed by atoms with Gasteiger partial charge in [-0.05, 0) is 84.3 Å². The molecule has 0 bridgehead atoms. The minimum atomic E-state index is 0.492. The third-order valence-corrected chi connectivity index (χ3v) is 7.20. The lowest BCUT2D eigenvalue weighted by molar-refractivity contribution is 0.443. The van der Waals surface area contributed by atoms with Crippen molar-refractivity contribution in [3.63, 3.8) is 0 Å². The van der Waals surface area contributed by atoms with E-state index in [-0.39, 0.29) is 0 Å². The van der Waals surface area contributed by atoms with Gasteiger partial charge in [-0.2, -0.15) is 0 Å². The number of rotatable bonds is 4. The number of fused-ring (bicyclic) bond motifs is 1. The zero-order valence-corrected chi connectivity index (χ0v) is 17.0. The Morgan fingerprint density at radius 1 is 0.786 bits per heavy atom. The Kier molecular flexibility index (Phi) is 5.21. The van der Waals surface area contributed by atoms with Crippen molar-refractivity contribution in [3.05, 3.63) is 94.1 Å². The van der Waals surface area contributed by atoms with Crippen molar-refractivity contribution in [3.8, 4) is 0 Å². The van der Waals surface area contributed by atoms with Crippen LogP contribution >= 0.6 is 0 Å². The maximum Gasteiger partial charge on any atom is 0.0278 e. The van der Waals surface area contributed by atoms with Crippen LogP contribution in [0.25, 0.3) is 0 Å². The molecule has 1 unspecified atom stereocenters. The number of hydrogen-bond donors (Lipinski definition) is 0. The molecule has 0 radical (unpaired) electrons. The van der Waals surface area contributed by atoms with Gasteiger partial charge in [0.15, 0.2) is 0 Å². The first-order chi connectivity index (χ1) is 13.9. The van der Waals surface area contributed by atoms with Crippen LogP contribution in [0.15, 0.2) is 83.0 Å². The second-order valence-corrected chi connectivity index (χ2v) is 9.03. The fraction of sp³-hybridized carbons (Fsp3) is 0.429. The molecule has 5 rings (SSSR count). The molecule has 0 nitrogen and oxygen atoms in total. The molecule has 0 saturated heterocycles. The zero-order chi connectivity index (χ0) is 18.8. The smallest absolute Gasteiger partial charge is 0.0278 e. The maximum absolute atomic E-state index is 2.49. The van der Waals surface area contributed by atoms with Crippen molar-refractivity contribution < 1.29 is 0 Å². The Labute approximate surface area is 170 Å². The molecule has 1 fully saturated rings. The molecule has 1 aromatic carbocycles. The molecule has 0 aromatic heterocycles. The molecule has 4 aliphatic rings. The van der Waals surface area contributed by atoms with Crippen LogP contribution in [-0.4, -0.2) is 0 Å². The van der Waals surface area contributed by atoms with Gasteiger partial charge in [-0.3, -0.25) is 0 Å². The SMILES string of the molecule is C1=CC2C(C3=CCCCC3)=CC=C(Cc3ccc(C4CCCCC4)cc3)C2=C1. The fourth-order valence-electron chi connectivity index (χ4n) is 5.58. The van der Waals surface area contributed by atoms with Gasteiger partial charge in [-0.15, -0.1) is 0 Å². The van der Waals surface area contributed by atoms with Crippen LogP contribution in [0.1, 0.15) is 74.8 Å². The minimum absolute atomic E-state index is 0.492. The van der Waals surface area contributed by atoms with Crippen LogP contribution in [0.5, 0.6) is 0 Å². The maximum atomic E-state index is 2.49. The molecule has 4 aliphatic carbocycles. The molecule has 144 valence electrons. The average molecular weight is 369 g/mol. The predicted molar refractivity (Wildman–Crippen MR) is 119 cm³/mol. The lowest BCUT2D eigenvalue weighted by atomic mass is 9.77. The van der Waals surface area contributed by atoms with Crippen molar-refractivity contribution in [2.24, 2.45) is 5.92 Å². The molecule has 0 heterocycles. The van der Waals surface area contributed by atoms with E-state index < -0.39 is 0 Å². The van der Waals surface area contributed by atoms with E-state index in [0.717, 1.165) is 12.3 Å². The highest BCUT2D eigenvalue weighted by Gasteiger charge is 2.27. The van der Waals surface area contributed by atoms with E-state index in [0.29, 0.717) is 5.92 Å². The van der Waals surface area contributed by atoms with Crippen molar-refractivity contribution >= 4 is 0 Å². The number of hydrogen-bond acceptors (Lipinski definition) is 0. The van der Waals surface area contributed by atoms with E-state index in [4.69, 9.17) is 0 Å². The molecular weight excluding hydrogens is 336 g/mol. The second kappa shape index (κ2) is 8.11. The molecule has 0 N–H and O–H groups in total. The van der Waals surface area contributed by atoms with Crippen LogP contribution in [0, 0.1) is 5.92 Å². The third kappa shape index (κ3) is 3.62. The summed E-state index contributed by atoms with van der Waals surface area (Å²) in [6, 6.07) is 9.57. The fourth-order valence-corrected chi connectivity index (χ4v) is 5.58. The molecule has 0 aliphatic heterocycles. The molecule has 0 spiro atoms. The number of benzene rings is 1. The van der Waals surface area contributed by atoms with E-state index in [1.54, 1.807) is 16.7 Å². The standard InChI is InChI=1S/C28H32/c1-3-8-22(9-4-1)23-16-14-21(15-17-23)20-25-18-19-27(24-10-5-2-6-11-24)28-13-7-12-26(25)28/h7,10,12-19,22,28H,1-6,8-9,11,20H2. The Morgan fingerprint density at radius 2 is 1.64 bits per heavy atom. The van der Waals surface area contributed by atoms with Crippen LogP contribution < -0.4 is 0 Å². The highest BCUT2D eigenvalue weighted by molar-refractivity contribution is 5.58. The summed E-state index contributed by atoms with van der Waals surface area (Å²) in [6.45, 7) is 0. The lowest BCUT2D eigenvalue weighted by Crippen LogP contribution is -2.13. The van der Waals surface area contributed by atoms with Gasteiger partial charge in [0.05, 0.1) is 0 Å². The minimum Gasteiger partial charge on any atom is -0.0810 e. The first kappa shape index (κ1) is 18.0. The molecule has 1 saturated carbocycles. The molecular formula is C28H32. The largest absolute Gasteiger partial charge is 0.0810 e. The van der Waals surface area contributed by atoms with Gasteiger partial charge in [-0.1, -0.05) is 80.0 Å². The lowest BCUT2D eigenvalue weighted by Gasteiger charge is -2.27. The Bertz CT molecular complexity index is 863. The van der Waals surface area contributed by atoms with Crippen LogP contribution in [0.3, 0.4) is 0 Å². The molecule has 28 heavy (non-hydrogen) atoms. The van der Waals surface area contributed by atoms with Crippen molar-refractivity contribution in [2.45, 2.75) is 70.1 Å². The van der Waals surface area contributed by atoms with Gasteiger partial charge in [0.1, 0.15) is 0 Å². The summed E-state index contributed by atoms with van der Waals surface area (Å²) >= 11 is 0. The van der Waals surface area contributed by atoms with E-state index in [2.05, 4.69) is 60.7 Å². The van der Waals surface area contributed by atoms with E-state index in [9.17, 15) is 0 Å². The van der Waals surface area contributed by atoms with Crippen molar-refractivity contribution in [1.29, 1.82) is 0 Å². The van der Waals surface area contributed by atoms with Crippen LogP contribution in [0.2, 0.25) is 0 Å². The van der Waals surface area contributed by atoms with Gasteiger partial charge in [0, 0.05) is 5.92 Å². The van der Waals surface area contributed by atoms with Gasteiger partial charge < -0.3 is 0 Å². The summed E-state index contributed by atoms with van der Waals surface area (Å²) in [5.41, 5.74) is 9.19. The van der Waals surface area contributed by atoms with E-state index >= 15 is 0 Å². The summed E-state index contributed by atoms with van der Waals surface area (Å²) in [4.78, 5) is 0. The summed E-state index contributed by atoms with van der Waals surface area (Å²) in [5, 5.41) is 0. The van der Waals surface area contributed by atoms with Crippen LogP contribution in [-0.2, 0) is 6.42 Å². The topological polar surface area (TPSA) is 0 Å². The van der Waals surface area contributed by atoms with Gasteiger partial charge in [-0.25, -0.2) is 0 Å². The predicted octanol–water partition coefficient (Wildman–Crippen LogP) is 7.76. The molecule has 1 atom stereocenters. The van der Waals surface area contributed by atoms with E-state index in [1.807, 2.05) is 0 Å². The third-order valence-electron chi connectivity index (χ3n) is 7.20. The summed E-state index contributed by atoms with van der Waals surface area (Å²) in [6.07, 6.45) is 27.6. The highest BCUT2D eigenvalue weighted by Crippen LogP contribution is 2.42. The first-order valence-electron chi connectivity index (χ1n) is 11.5. The highest BCUT2D eigenvalue weighted by atomic mass is 14.3. The second-order valence-electron chi connectivity index (χ2n) is 9.03. The number of allylic oxidation sites excluding steroid dienone is 10. The summed E-state index contributed by atoms with van der Waals surface area (Å²) < 4.78 is 0. The molecule has 0 amide bonds. The van der Waals surface area contributed by atoms with Crippen molar-refractivity contribution in [1.82, 2.24) is 0 Å². The monoisotopic (exact) mass is 368 g/mol.